The number of hydrazone groups is 1. The lowest BCUT2D eigenvalue weighted by Crippen LogP contribution is -2.35. The molecule has 1 aromatic carbocycles. The number of nitrogens with one attached hydrogen (secondary N) is 1. The lowest BCUT2D eigenvalue weighted by atomic mass is 10.2. The smallest absolute Gasteiger partial charge is 0.465 e. The number of nitrogens with zero attached hydrogens (tertiary/aromatic N) is 4. The molecule has 5 N–H and O–H groups in total. The predicted octanol–water partition coefficient (Wildman–Crippen LogP) is 1.48. The molecule has 1 heterocycles. The maximum Gasteiger partial charge on any atom is 0.573 e. The SMILES string of the molecule is CCOC(=O)CN(N)/N=C(\N)c1cncnc1Nc1ccc(OC(F)(F)F)cc1. The number of ether oxygens (including phenoxy) is 2. The van der Waals surface area contributed by atoms with E-state index in [1.165, 1.54) is 24.7 Å². The maximum atomic E-state index is 12.2. The third-order valence-electron chi connectivity index (χ3n) is 3.17. The van der Waals surface area contributed by atoms with Crippen molar-refractivity contribution in [2.24, 2.45) is 16.7 Å². The Kier molecular flexibility index (Phi) is 7.14. The van der Waals surface area contributed by atoms with Crippen molar-refractivity contribution >= 4 is 23.3 Å². The number of aromatic nitrogens is 2. The molecule has 1 aromatic heterocycles. The van der Waals surface area contributed by atoms with Gasteiger partial charge in [0.1, 0.15) is 17.9 Å². The summed E-state index contributed by atoms with van der Waals surface area (Å²) in [4.78, 5) is 19.3. The zero-order chi connectivity index (χ0) is 21.4. The van der Waals surface area contributed by atoms with Crippen LogP contribution in [0.15, 0.2) is 41.9 Å². The van der Waals surface area contributed by atoms with Crippen LogP contribution in [0.25, 0.3) is 0 Å². The van der Waals surface area contributed by atoms with Crippen LogP contribution in [0.1, 0.15) is 12.5 Å². The zero-order valence-corrected chi connectivity index (χ0v) is 15.2. The Hall–Kier alpha value is -3.61. The molecule has 0 aliphatic heterocycles. The highest BCUT2D eigenvalue weighted by Crippen LogP contribution is 2.25. The predicted molar refractivity (Wildman–Crippen MR) is 96.7 cm³/mol. The summed E-state index contributed by atoms with van der Waals surface area (Å²) in [7, 11) is 0. The molecule has 29 heavy (non-hydrogen) atoms. The summed E-state index contributed by atoms with van der Waals surface area (Å²) in [5.74, 6) is 4.77. The van der Waals surface area contributed by atoms with Crippen molar-refractivity contribution in [2.75, 3.05) is 18.5 Å². The monoisotopic (exact) mass is 413 g/mol. The van der Waals surface area contributed by atoms with Crippen molar-refractivity contribution in [1.82, 2.24) is 15.1 Å². The Balaban J connectivity index is 2.14. The summed E-state index contributed by atoms with van der Waals surface area (Å²) in [6.07, 6.45) is -2.19. The molecule has 0 spiro atoms. The minimum atomic E-state index is -4.78. The Morgan fingerprint density at radius 1 is 1.31 bits per heavy atom. The fourth-order valence-electron chi connectivity index (χ4n) is 2.06. The molecule has 2 aromatic rings. The molecule has 0 aliphatic rings. The minimum absolute atomic E-state index is 0.100. The highest BCUT2D eigenvalue weighted by molar-refractivity contribution is 6.01. The summed E-state index contributed by atoms with van der Waals surface area (Å²) >= 11 is 0. The number of benzene rings is 1. The average molecular weight is 413 g/mol. The first-order valence-corrected chi connectivity index (χ1v) is 8.13. The lowest BCUT2D eigenvalue weighted by Gasteiger charge is -2.14. The van der Waals surface area contributed by atoms with Gasteiger partial charge in [-0.1, -0.05) is 0 Å². The van der Waals surface area contributed by atoms with E-state index in [2.05, 4.69) is 25.1 Å². The molecule has 0 fully saturated rings. The molecule has 156 valence electrons. The van der Waals surface area contributed by atoms with Crippen LogP contribution < -0.4 is 21.6 Å². The Labute approximate surface area is 163 Å². The number of anilines is 2. The molecular formula is C16H18F3N7O3. The molecule has 0 aliphatic carbocycles. The minimum Gasteiger partial charge on any atom is -0.465 e. The van der Waals surface area contributed by atoms with Crippen molar-refractivity contribution in [3.05, 3.63) is 42.4 Å². The van der Waals surface area contributed by atoms with Crippen molar-refractivity contribution in [3.63, 3.8) is 0 Å². The number of amidine groups is 1. The molecule has 0 saturated heterocycles. The number of hydrogen-bond donors (Lipinski definition) is 3. The molecule has 2 rings (SSSR count). The van der Waals surface area contributed by atoms with Gasteiger partial charge in [-0.15, -0.1) is 18.3 Å². The van der Waals surface area contributed by atoms with Crippen LogP contribution in [0, 0.1) is 0 Å². The first kappa shape index (κ1) is 21.7. The van der Waals surface area contributed by atoms with Gasteiger partial charge in [-0.25, -0.2) is 25.7 Å². The van der Waals surface area contributed by atoms with Gasteiger partial charge in [-0.3, -0.25) is 0 Å². The van der Waals surface area contributed by atoms with E-state index in [4.69, 9.17) is 16.3 Å². The first-order chi connectivity index (χ1) is 13.7. The number of rotatable bonds is 8. The van der Waals surface area contributed by atoms with Gasteiger partial charge in [0.15, 0.2) is 12.4 Å². The zero-order valence-electron chi connectivity index (χ0n) is 15.2. The Bertz CT molecular complexity index is 860. The van der Waals surface area contributed by atoms with Crippen molar-refractivity contribution < 1.29 is 27.4 Å². The second-order valence-corrected chi connectivity index (χ2v) is 5.37. The normalized spacial score (nSPS) is 11.7. The van der Waals surface area contributed by atoms with E-state index in [-0.39, 0.29) is 36.1 Å². The summed E-state index contributed by atoms with van der Waals surface area (Å²) in [6.45, 7) is 1.52. The van der Waals surface area contributed by atoms with Gasteiger partial charge < -0.3 is 20.5 Å². The summed E-state index contributed by atoms with van der Waals surface area (Å²) in [5, 5.41) is 7.54. The van der Waals surface area contributed by atoms with Crippen molar-refractivity contribution in [3.8, 4) is 5.75 Å². The van der Waals surface area contributed by atoms with Gasteiger partial charge in [0, 0.05) is 11.9 Å². The van der Waals surface area contributed by atoms with Crippen LogP contribution in [-0.4, -0.2) is 46.4 Å². The fraction of sp³-hybridized carbons (Fsp3) is 0.250. The number of halogens is 3. The van der Waals surface area contributed by atoms with Gasteiger partial charge in [-0.05, 0) is 31.2 Å². The number of nitrogens with two attached hydrogens (primary N) is 2. The highest BCUT2D eigenvalue weighted by atomic mass is 19.4. The first-order valence-electron chi connectivity index (χ1n) is 8.13. The van der Waals surface area contributed by atoms with Crippen LogP contribution in [-0.2, 0) is 9.53 Å². The van der Waals surface area contributed by atoms with E-state index in [0.717, 1.165) is 17.3 Å². The molecule has 10 nitrogen and oxygen atoms in total. The van der Waals surface area contributed by atoms with Crippen LogP contribution in [0.2, 0.25) is 0 Å². The number of alkyl halides is 3. The van der Waals surface area contributed by atoms with E-state index in [0.29, 0.717) is 5.69 Å². The van der Waals surface area contributed by atoms with E-state index >= 15 is 0 Å². The van der Waals surface area contributed by atoms with E-state index in [1.807, 2.05) is 0 Å². The molecule has 0 unspecified atom stereocenters. The van der Waals surface area contributed by atoms with Crippen molar-refractivity contribution in [1.29, 1.82) is 0 Å². The van der Waals surface area contributed by atoms with Crippen LogP contribution in [0.3, 0.4) is 0 Å². The highest BCUT2D eigenvalue weighted by Gasteiger charge is 2.30. The second kappa shape index (κ2) is 9.54. The van der Waals surface area contributed by atoms with Gasteiger partial charge in [0.2, 0.25) is 0 Å². The van der Waals surface area contributed by atoms with Gasteiger partial charge in [-0.2, -0.15) is 0 Å². The lowest BCUT2D eigenvalue weighted by molar-refractivity contribution is -0.274. The standard InChI is InChI=1S/C16H18F3N7O3/c1-2-28-13(27)8-26(21)25-14(20)12-7-22-9-23-15(12)24-10-3-5-11(6-4-10)29-16(17,18)19/h3-7,9H,2,8,21H2,1H3,(H2,20,25)(H,22,23,24). The van der Waals surface area contributed by atoms with Gasteiger partial charge in [0.25, 0.3) is 0 Å². The average Bonchev–Trinajstić information content (AvgIpc) is 2.62. The van der Waals surface area contributed by atoms with E-state index in [9.17, 15) is 18.0 Å². The fourth-order valence-corrected chi connectivity index (χ4v) is 2.06. The Morgan fingerprint density at radius 3 is 2.62 bits per heavy atom. The quantitative estimate of drug-likeness (QED) is 0.193. The van der Waals surface area contributed by atoms with Crippen molar-refractivity contribution in [2.45, 2.75) is 13.3 Å². The van der Waals surface area contributed by atoms with Crippen LogP contribution >= 0.6 is 0 Å². The van der Waals surface area contributed by atoms with E-state index < -0.39 is 12.3 Å². The van der Waals surface area contributed by atoms with Crippen LogP contribution in [0.5, 0.6) is 5.75 Å². The molecule has 0 amide bonds. The largest absolute Gasteiger partial charge is 0.573 e. The molecular weight excluding hydrogens is 395 g/mol. The van der Waals surface area contributed by atoms with Gasteiger partial charge in [0.05, 0.1) is 12.2 Å². The third-order valence-corrected chi connectivity index (χ3v) is 3.17. The van der Waals surface area contributed by atoms with E-state index in [1.54, 1.807) is 6.92 Å². The maximum absolute atomic E-state index is 12.2. The van der Waals surface area contributed by atoms with Gasteiger partial charge >= 0.3 is 12.3 Å². The summed E-state index contributed by atoms with van der Waals surface area (Å²) in [6, 6.07) is 4.98. The number of hydrazine groups is 1. The number of carbonyl (C=O) groups is 1. The third kappa shape index (κ3) is 7.14. The Morgan fingerprint density at radius 2 is 2.00 bits per heavy atom. The topological polar surface area (TPSA) is 141 Å². The number of esters is 1. The molecule has 0 radical (unpaired) electrons. The number of carbonyl (C=O) groups excluding carboxylic acids is 1. The molecule has 0 atom stereocenters. The second-order valence-electron chi connectivity index (χ2n) is 5.37. The molecule has 13 heteroatoms. The summed E-state index contributed by atoms with van der Waals surface area (Å²) < 4.78 is 45.3. The van der Waals surface area contributed by atoms with Crippen LogP contribution in [0.4, 0.5) is 24.7 Å². The molecule has 0 saturated carbocycles. The molecule has 0 bridgehead atoms. The number of hydrogen-bond acceptors (Lipinski definition) is 9. The summed E-state index contributed by atoms with van der Waals surface area (Å²) in [5.41, 5.74) is 6.56.